The first-order valence-corrected chi connectivity index (χ1v) is 8.47. The third-order valence-corrected chi connectivity index (χ3v) is 4.74. The maximum absolute atomic E-state index is 2.33. The fourth-order valence-corrected chi connectivity index (χ4v) is 3.62. The predicted molar refractivity (Wildman–Crippen MR) is 102 cm³/mol. The highest BCUT2D eigenvalue weighted by Crippen LogP contribution is 2.45. The van der Waals surface area contributed by atoms with Crippen molar-refractivity contribution in [1.82, 2.24) is 0 Å². The smallest absolute Gasteiger partial charge is 0.0199 e. The zero-order chi connectivity index (χ0) is 16.2. The first-order chi connectivity index (χ1) is 11.9. The molecule has 0 unspecified atom stereocenters. The molecule has 116 valence electrons. The van der Waals surface area contributed by atoms with E-state index in [1.165, 1.54) is 22.3 Å². The Morgan fingerprint density at radius 1 is 0.542 bits per heavy atom. The molecular weight excluding hydrogens is 288 g/mol. The third-order valence-electron chi connectivity index (χ3n) is 4.74. The molecule has 0 bridgehead atoms. The number of rotatable bonds is 3. The lowest BCUT2D eigenvalue weighted by molar-refractivity contribution is 0.746. The van der Waals surface area contributed by atoms with Crippen LogP contribution in [0.25, 0.3) is 5.57 Å². The lowest BCUT2D eigenvalue weighted by atomic mass is 9.72. The van der Waals surface area contributed by atoms with Gasteiger partial charge in [0.25, 0.3) is 0 Å². The van der Waals surface area contributed by atoms with Crippen molar-refractivity contribution < 1.29 is 0 Å². The van der Waals surface area contributed by atoms with Crippen LogP contribution in [-0.4, -0.2) is 0 Å². The second kappa shape index (κ2) is 6.72. The van der Waals surface area contributed by atoms with Crippen LogP contribution < -0.4 is 0 Å². The van der Waals surface area contributed by atoms with Crippen LogP contribution in [0.2, 0.25) is 0 Å². The maximum atomic E-state index is 2.33. The summed E-state index contributed by atoms with van der Waals surface area (Å²) in [4.78, 5) is 0. The van der Waals surface area contributed by atoms with Crippen molar-refractivity contribution in [2.75, 3.05) is 0 Å². The van der Waals surface area contributed by atoms with Gasteiger partial charge in [0.2, 0.25) is 0 Å². The molecule has 3 aromatic rings. The van der Waals surface area contributed by atoms with E-state index in [1.807, 2.05) is 0 Å². The summed E-state index contributed by atoms with van der Waals surface area (Å²) in [5.74, 6) is 0.690. The van der Waals surface area contributed by atoms with E-state index >= 15 is 0 Å². The summed E-state index contributed by atoms with van der Waals surface area (Å²) in [5.41, 5.74) is 5.42. The fraction of sp³-hybridized carbons (Fsp3) is 0.0833. The fourth-order valence-electron chi connectivity index (χ4n) is 3.62. The minimum atomic E-state index is 0.334. The van der Waals surface area contributed by atoms with Gasteiger partial charge in [-0.2, -0.15) is 0 Å². The van der Waals surface area contributed by atoms with Gasteiger partial charge in [0.1, 0.15) is 0 Å². The lowest BCUT2D eigenvalue weighted by Gasteiger charge is -2.31. The van der Waals surface area contributed by atoms with Gasteiger partial charge in [-0.1, -0.05) is 109 Å². The summed E-state index contributed by atoms with van der Waals surface area (Å²) in [6.07, 6.45) is 6.81. The second-order valence-corrected chi connectivity index (χ2v) is 6.20. The Hall–Kier alpha value is -2.86. The molecule has 4 rings (SSSR count). The molecule has 0 aliphatic heterocycles. The topological polar surface area (TPSA) is 0 Å². The van der Waals surface area contributed by atoms with Crippen LogP contribution in [0.1, 0.15) is 28.5 Å². The van der Waals surface area contributed by atoms with Gasteiger partial charge < -0.3 is 0 Å². The molecular formula is C24H20. The third kappa shape index (κ3) is 2.83. The van der Waals surface area contributed by atoms with E-state index in [2.05, 4.69) is 109 Å². The lowest BCUT2D eigenvalue weighted by Crippen LogP contribution is -2.14. The minimum absolute atomic E-state index is 0.334. The SMILES string of the molecule is C1=C[C@H](c2ccccc2)[C@@H](c2ccccc2)C(c2ccccc2)=C1. The van der Waals surface area contributed by atoms with E-state index in [0.29, 0.717) is 11.8 Å². The Bertz CT molecular complexity index is 842. The molecule has 0 heterocycles. The molecule has 3 aromatic carbocycles. The highest BCUT2D eigenvalue weighted by atomic mass is 14.3. The Kier molecular flexibility index (Phi) is 4.12. The van der Waals surface area contributed by atoms with Gasteiger partial charge in [-0.25, -0.2) is 0 Å². The first kappa shape index (κ1) is 14.7. The van der Waals surface area contributed by atoms with Gasteiger partial charge >= 0.3 is 0 Å². The highest BCUT2D eigenvalue weighted by molar-refractivity contribution is 5.76. The van der Waals surface area contributed by atoms with Gasteiger partial charge in [-0.15, -0.1) is 0 Å². The first-order valence-electron chi connectivity index (χ1n) is 8.47. The summed E-state index contributed by atoms with van der Waals surface area (Å²) in [6.45, 7) is 0. The Labute approximate surface area is 143 Å². The van der Waals surface area contributed by atoms with Gasteiger partial charge in [0.15, 0.2) is 0 Å². The van der Waals surface area contributed by atoms with Crippen molar-refractivity contribution in [3.63, 3.8) is 0 Å². The van der Waals surface area contributed by atoms with Gasteiger partial charge in [0, 0.05) is 11.8 Å². The van der Waals surface area contributed by atoms with Crippen molar-refractivity contribution in [2.24, 2.45) is 0 Å². The van der Waals surface area contributed by atoms with E-state index in [0.717, 1.165) is 0 Å². The average Bonchev–Trinajstić information content (AvgIpc) is 2.69. The van der Waals surface area contributed by atoms with Crippen molar-refractivity contribution in [3.8, 4) is 0 Å². The molecule has 1 aliphatic rings. The highest BCUT2D eigenvalue weighted by Gasteiger charge is 2.28. The largest absolute Gasteiger partial charge is 0.0760 e. The molecule has 0 fully saturated rings. The molecule has 0 saturated carbocycles. The van der Waals surface area contributed by atoms with E-state index in [-0.39, 0.29) is 0 Å². The summed E-state index contributed by atoms with van der Waals surface area (Å²) in [7, 11) is 0. The molecule has 0 N–H and O–H groups in total. The molecule has 0 heteroatoms. The molecule has 0 aromatic heterocycles. The normalized spacial score (nSPS) is 19.8. The van der Waals surface area contributed by atoms with E-state index in [1.54, 1.807) is 0 Å². The monoisotopic (exact) mass is 308 g/mol. The van der Waals surface area contributed by atoms with Crippen LogP contribution >= 0.6 is 0 Å². The summed E-state index contributed by atoms with van der Waals surface area (Å²) in [6, 6.07) is 32.4. The van der Waals surface area contributed by atoms with Crippen LogP contribution in [0.15, 0.2) is 109 Å². The van der Waals surface area contributed by atoms with Crippen molar-refractivity contribution >= 4 is 5.57 Å². The zero-order valence-corrected chi connectivity index (χ0v) is 13.5. The number of hydrogen-bond donors (Lipinski definition) is 0. The molecule has 1 aliphatic carbocycles. The molecule has 2 atom stereocenters. The second-order valence-electron chi connectivity index (χ2n) is 6.20. The number of allylic oxidation sites excluding steroid dienone is 4. The van der Waals surface area contributed by atoms with E-state index in [4.69, 9.17) is 0 Å². The zero-order valence-electron chi connectivity index (χ0n) is 13.5. The minimum Gasteiger partial charge on any atom is -0.0760 e. The van der Waals surface area contributed by atoms with Gasteiger partial charge in [-0.3, -0.25) is 0 Å². The average molecular weight is 308 g/mol. The molecule has 0 spiro atoms. The van der Waals surface area contributed by atoms with Crippen LogP contribution in [0.4, 0.5) is 0 Å². The van der Waals surface area contributed by atoms with E-state index in [9.17, 15) is 0 Å². The standard InChI is InChI=1S/C24H20/c1-4-11-19(12-5-1)22-17-10-18-23(20-13-6-2-7-14-20)24(22)21-15-8-3-9-16-21/h1-18,22,24H/t22-,24-/m1/s1. The maximum Gasteiger partial charge on any atom is 0.0199 e. The van der Waals surface area contributed by atoms with Gasteiger partial charge in [-0.05, 0) is 22.3 Å². The van der Waals surface area contributed by atoms with E-state index < -0.39 is 0 Å². The van der Waals surface area contributed by atoms with Crippen LogP contribution in [-0.2, 0) is 0 Å². The van der Waals surface area contributed by atoms with Crippen molar-refractivity contribution in [3.05, 3.63) is 126 Å². The van der Waals surface area contributed by atoms with Crippen molar-refractivity contribution in [1.29, 1.82) is 0 Å². The number of hydrogen-bond acceptors (Lipinski definition) is 0. The number of benzene rings is 3. The molecule has 24 heavy (non-hydrogen) atoms. The molecule has 0 nitrogen and oxygen atoms in total. The van der Waals surface area contributed by atoms with Gasteiger partial charge in [0.05, 0.1) is 0 Å². The quantitative estimate of drug-likeness (QED) is 0.540. The Balaban J connectivity index is 1.84. The van der Waals surface area contributed by atoms with Crippen LogP contribution in [0.5, 0.6) is 0 Å². The summed E-state index contributed by atoms with van der Waals surface area (Å²) >= 11 is 0. The summed E-state index contributed by atoms with van der Waals surface area (Å²) < 4.78 is 0. The molecule has 0 saturated heterocycles. The Morgan fingerprint density at radius 3 is 1.71 bits per heavy atom. The Morgan fingerprint density at radius 2 is 1.08 bits per heavy atom. The van der Waals surface area contributed by atoms with Crippen LogP contribution in [0.3, 0.4) is 0 Å². The van der Waals surface area contributed by atoms with Crippen molar-refractivity contribution in [2.45, 2.75) is 11.8 Å². The predicted octanol–water partition coefficient (Wildman–Crippen LogP) is 6.21. The van der Waals surface area contributed by atoms with Crippen LogP contribution in [0, 0.1) is 0 Å². The summed E-state index contributed by atoms with van der Waals surface area (Å²) in [5, 5.41) is 0. The molecule has 0 amide bonds. The molecule has 0 radical (unpaired) electrons.